The second kappa shape index (κ2) is 8.69. The molecule has 1 fully saturated rings. The van der Waals surface area contributed by atoms with E-state index in [0.29, 0.717) is 42.0 Å². The number of aromatic nitrogens is 2. The van der Waals surface area contributed by atoms with Gasteiger partial charge in [0, 0.05) is 37.3 Å². The summed E-state index contributed by atoms with van der Waals surface area (Å²) in [4.78, 5) is 15.1. The maximum Gasteiger partial charge on any atom is 0.253 e. The molecule has 2 aromatic carbocycles. The molecule has 0 radical (unpaired) electrons. The van der Waals surface area contributed by atoms with Gasteiger partial charge in [-0.15, -0.1) is 0 Å². The highest BCUT2D eigenvalue weighted by Gasteiger charge is 2.33. The number of sulfonamides is 1. The summed E-state index contributed by atoms with van der Waals surface area (Å²) in [5.74, 6) is 0.725. The van der Waals surface area contributed by atoms with Crippen molar-refractivity contribution in [3.05, 3.63) is 65.5 Å². The van der Waals surface area contributed by atoms with Gasteiger partial charge in [-0.05, 0) is 38.5 Å². The molecular weight excluding hydrogens is 456 g/mol. The molecule has 0 unspecified atom stereocenters. The standard InChI is InChI=1S/C24H24N4O5S/c1-16-23(17(2)32-25-16)34(30,31)28-12-6-11-27(13-14-28)24(29)19-9-10-21-20(15-19)22(33-26-21)18-7-4-3-5-8-18/h3-5,7-10,15H,6,11-14H2,1-2H3. The minimum Gasteiger partial charge on any atom is -0.360 e. The number of hydrogen-bond donors (Lipinski definition) is 0. The fourth-order valence-electron chi connectivity index (χ4n) is 4.36. The number of aryl methyl sites for hydroxylation is 2. The summed E-state index contributed by atoms with van der Waals surface area (Å²) in [6.07, 6.45) is 0.527. The normalized spacial score (nSPS) is 15.5. The molecule has 0 N–H and O–H groups in total. The van der Waals surface area contributed by atoms with Crippen LogP contribution in [0.2, 0.25) is 0 Å². The molecule has 1 aliphatic heterocycles. The quantitative estimate of drug-likeness (QED) is 0.439. The van der Waals surface area contributed by atoms with Crippen molar-refractivity contribution >= 4 is 26.8 Å². The van der Waals surface area contributed by atoms with Crippen molar-refractivity contribution < 1.29 is 22.3 Å². The molecule has 0 atom stereocenters. The van der Waals surface area contributed by atoms with E-state index in [2.05, 4.69) is 10.3 Å². The van der Waals surface area contributed by atoms with Gasteiger partial charge < -0.3 is 13.9 Å². The molecule has 2 aromatic heterocycles. The van der Waals surface area contributed by atoms with E-state index in [1.165, 1.54) is 4.31 Å². The highest BCUT2D eigenvalue weighted by molar-refractivity contribution is 7.89. The van der Waals surface area contributed by atoms with Crippen LogP contribution in [-0.4, -0.2) is 60.0 Å². The van der Waals surface area contributed by atoms with Crippen molar-refractivity contribution in [1.82, 2.24) is 19.5 Å². The summed E-state index contributed by atoms with van der Waals surface area (Å²) in [6.45, 7) is 4.46. The van der Waals surface area contributed by atoms with Crippen LogP contribution in [0.15, 0.2) is 62.5 Å². The monoisotopic (exact) mass is 480 g/mol. The topological polar surface area (TPSA) is 110 Å². The molecule has 1 amide bonds. The number of hydrogen-bond acceptors (Lipinski definition) is 7. The zero-order valence-corrected chi connectivity index (χ0v) is 19.7. The molecule has 3 heterocycles. The van der Waals surface area contributed by atoms with Crippen molar-refractivity contribution in [1.29, 1.82) is 0 Å². The summed E-state index contributed by atoms with van der Waals surface area (Å²) < 4.78 is 38.4. The summed E-state index contributed by atoms with van der Waals surface area (Å²) in [7, 11) is -3.76. The van der Waals surface area contributed by atoms with Crippen molar-refractivity contribution in [3.8, 4) is 11.3 Å². The molecule has 0 aliphatic carbocycles. The Morgan fingerprint density at radius 1 is 0.941 bits per heavy atom. The van der Waals surface area contributed by atoms with Crippen LogP contribution >= 0.6 is 0 Å². The second-order valence-corrected chi connectivity index (χ2v) is 10.2. The Balaban J connectivity index is 1.38. The third-order valence-corrected chi connectivity index (χ3v) is 8.21. The Morgan fingerprint density at radius 3 is 2.47 bits per heavy atom. The van der Waals surface area contributed by atoms with Gasteiger partial charge in [0.25, 0.3) is 5.91 Å². The Kier molecular flexibility index (Phi) is 5.70. The zero-order valence-electron chi connectivity index (χ0n) is 18.9. The predicted octanol–water partition coefficient (Wildman–Crippen LogP) is 3.64. The van der Waals surface area contributed by atoms with Gasteiger partial charge in [-0.25, -0.2) is 8.42 Å². The van der Waals surface area contributed by atoms with Gasteiger partial charge in [0.05, 0.1) is 5.39 Å². The SMILES string of the molecule is Cc1noc(C)c1S(=O)(=O)N1CCCN(C(=O)c2ccc3noc(-c4ccccc4)c3c2)CC1. The van der Waals surface area contributed by atoms with Crippen LogP contribution in [0.4, 0.5) is 0 Å². The highest BCUT2D eigenvalue weighted by atomic mass is 32.2. The van der Waals surface area contributed by atoms with E-state index in [-0.39, 0.29) is 29.7 Å². The molecule has 5 rings (SSSR count). The molecule has 1 aliphatic rings. The van der Waals surface area contributed by atoms with Gasteiger partial charge in [-0.3, -0.25) is 4.79 Å². The van der Waals surface area contributed by atoms with E-state index in [1.54, 1.807) is 36.9 Å². The number of fused-ring (bicyclic) bond motifs is 1. The van der Waals surface area contributed by atoms with Crippen LogP contribution in [-0.2, 0) is 10.0 Å². The van der Waals surface area contributed by atoms with Crippen LogP contribution in [0.3, 0.4) is 0 Å². The number of carbonyl (C=O) groups excluding carboxylic acids is 1. The minimum atomic E-state index is -3.76. The van der Waals surface area contributed by atoms with Gasteiger partial charge in [-0.2, -0.15) is 4.31 Å². The summed E-state index contributed by atoms with van der Waals surface area (Å²) in [5, 5.41) is 8.65. The maximum atomic E-state index is 13.3. The van der Waals surface area contributed by atoms with Crippen molar-refractivity contribution in [2.24, 2.45) is 0 Å². The van der Waals surface area contributed by atoms with Gasteiger partial charge in [0.15, 0.2) is 11.5 Å². The first-order valence-electron chi connectivity index (χ1n) is 11.0. The predicted molar refractivity (Wildman–Crippen MR) is 125 cm³/mol. The van der Waals surface area contributed by atoms with E-state index in [0.717, 1.165) is 10.9 Å². The third kappa shape index (κ3) is 3.88. The number of rotatable bonds is 4. The van der Waals surface area contributed by atoms with Gasteiger partial charge in [-0.1, -0.05) is 40.6 Å². The van der Waals surface area contributed by atoms with E-state index in [1.807, 2.05) is 30.3 Å². The molecule has 0 saturated carbocycles. The minimum absolute atomic E-state index is 0.110. The number of benzene rings is 2. The molecular formula is C24H24N4O5S. The largest absolute Gasteiger partial charge is 0.360 e. The van der Waals surface area contributed by atoms with E-state index < -0.39 is 10.0 Å². The first-order chi connectivity index (χ1) is 16.4. The maximum absolute atomic E-state index is 13.3. The summed E-state index contributed by atoms with van der Waals surface area (Å²) >= 11 is 0. The van der Waals surface area contributed by atoms with E-state index >= 15 is 0 Å². The number of carbonyl (C=O) groups is 1. The molecule has 4 aromatic rings. The third-order valence-electron chi connectivity index (χ3n) is 6.07. The second-order valence-electron chi connectivity index (χ2n) is 8.31. The van der Waals surface area contributed by atoms with Gasteiger partial charge in [0.2, 0.25) is 10.0 Å². The first-order valence-corrected chi connectivity index (χ1v) is 12.5. The van der Waals surface area contributed by atoms with Crippen molar-refractivity contribution in [3.63, 3.8) is 0 Å². The average molecular weight is 481 g/mol. The van der Waals surface area contributed by atoms with Crippen LogP contribution in [0, 0.1) is 13.8 Å². The lowest BCUT2D eigenvalue weighted by molar-refractivity contribution is 0.0764. The summed E-state index contributed by atoms with van der Waals surface area (Å²) in [6, 6.07) is 14.9. The number of amides is 1. The highest BCUT2D eigenvalue weighted by Crippen LogP contribution is 2.30. The zero-order chi connectivity index (χ0) is 23.9. The molecule has 1 saturated heterocycles. The Bertz CT molecular complexity index is 1440. The Labute approximate surface area is 197 Å². The lowest BCUT2D eigenvalue weighted by atomic mass is 10.1. The van der Waals surface area contributed by atoms with E-state index in [4.69, 9.17) is 9.05 Å². The molecule has 0 bridgehead atoms. The molecule has 34 heavy (non-hydrogen) atoms. The van der Waals surface area contributed by atoms with Gasteiger partial charge in [0.1, 0.15) is 16.1 Å². The smallest absolute Gasteiger partial charge is 0.253 e. The fourth-order valence-corrected chi connectivity index (χ4v) is 6.12. The van der Waals surface area contributed by atoms with Crippen LogP contribution < -0.4 is 0 Å². The number of nitrogens with zero attached hydrogens (tertiary/aromatic N) is 4. The molecule has 176 valence electrons. The fraction of sp³-hybridized carbons (Fsp3) is 0.292. The lowest BCUT2D eigenvalue weighted by Gasteiger charge is -2.22. The van der Waals surface area contributed by atoms with E-state index in [9.17, 15) is 13.2 Å². The van der Waals surface area contributed by atoms with Crippen molar-refractivity contribution in [2.45, 2.75) is 25.2 Å². The summed E-state index contributed by atoms with van der Waals surface area (Å²) in [5.41, 5.74) is 2.40. The Hall–Kier alpha value is -3.50. The Morgan fingerprint density at radius 2 is 1.74 bits per heavy atom. The molecule has 0 spiro atoms. The lowest BCUT2D eigenvalue weighted by Crippen LogP contribution is -2.37. The average Bonchev–Trinajstić information content (AvgIpc) is 3.31. The van der Waals surface area contributed by atoms with Crippen LogP contribution in [0.25, 0.3) is 22.2 Å². The van der Waals surface area contributed by atoms with Gasteiger partial charge >= 0.3 is 0 Å². The van der Waals surface area contributed by atoms with Crippen LogP contribution in [0.1, 0.15) is 28.2 Å². The van der Waals surface area contributed by atoms with Crippen molar-refractivity contribution in [2.75, 3.05) is 26.2 Å². The first kappa shape index (κ1) is 22.3. The molecule has 10 heteroatoms. The molecule has 9 nitrogen and oxygen atoms in total. The van der Waals surface area contributed by atoms with Crippen LogP contribution in [0.5, 0.6) is 0 Å².